The Morgan fingerprint density at radius 2 is 1.72 bits per heavy atom. The molecule has 2 aromatic heterocycles. The van der Waals surface area contributed by atoms with Crippen LogP contribution in [-0.2, 0) is 6.54 Å². The van der Waals surface area contributed by atoms with Crippen LogP contribution >= 0.6 is 0 Å². The summed E-state index contributed by atoms with van der Waals surface area (Å²) in [4.78, 5) is 14.0. The van der Waals surface area contributed by atoms with Crippen LogP contribution in [-0.4, -0.2) is 50.8 Å². The summed E-state index contributed by atoms with van der Waals surface area (Å²) < 4.78 is 1.90. The lowest BCUT2D eigenvalue weighted by molar-refractivity contribution is 0.249. The van der Waals surface area contributed by atoms with E-state index in [1.807, 2.05) is 16.9 Å². The molecule has 3 heterocycles. The minimum absolute atomic E-state index is 0.854. The highest BCUT2D eigenvalue weighted by molar-refractivity contribution is 5.87. The largest absolute Gasteiger partial charge is 0.353 e. The number of aryl methyl sites for hydroxylation is 1. The molecule has 0 spiro atoms. The van der Waals surface area contributed by atoms with Gasteiger partial charge >= 0.3 is 0 Å². The van der Waals surface area contributed by atoms with Crippen molar-refractivity contribution >= 4 is 16.9 Å². The third-order valence-corrected chi connectivity index (χ3v) is 5.51. The van der Waals surface area contributed by atoms with Crippen LogP contribution in [0.1, 0.15) is 11.1 Å². The Morgan fingerprint density at radius 3 is 2.52 bits per heavy atom. The van der Waals surface area contributed by atoms with Gasteiger partial charge in [-0.3, -0.25) is 4.90 Å². The van der Waals surface area contributed by atoms with Crippen LogP contribution < -0.4 is 4.90 Å². The summed E-state index contributed by atoms with van der Waals surface area (Å²) in [6.45, 7) is 7.03. The first-order chi connectivity index (χ1) is 14.3. The van der Waals surface area contributed by atoms with Crippen molar-refractivity contribution in [2.75, 3.05) is 31.1 Å². The number of piperazine rings is 1. The average molecular weight is 384 g/mol. The zero-order chi connectivity index (χ0) is 19.6. The second-order valence-electron chi connectivity index (χ2n) is 7.58. The first-order valence-corrected chi connectivity index (χ1v) is 10.0. The maximum absolute atomic E-state index is 4.61. The van der Waals surface area contributed by atoms with Gasteiger partial charge in [0, 0.05) is 32.7 Å². The fourth-order valence-corrected chi connectivity index (χ4v) is 3.99. The maximum atomic E-state index is 4.61. The molecule has 1 aliphatic heterocycles. The van der Waals surface area contributed by atoms with Gasteiger partial charge in [-0.25, -0.2) is 14.6 Å². The van der Waals surface area contributed by atoms with Gasteiger partial charge in [-0.1, -0.05) is 42.5 Å². The van der Waals surface area contributed by atoms with E-state index in [4.69, 9.17) is 0 Å². The fraction of sp³-hybridized carbons (Fsp3) is 0.261. The number of rotatable bonds is 4. The van der Waals surface area contributed by atoms with E-state index in [1.165, 1.54) is 11.1 Å². The predicted molar refractivity (Wildman–Crippen MR) is 115 cm³/mol. The van der Waals surface area contributed by atoms with Gasteiger partial charge in [-0.05, 0) is 30.2 Å². The Labute approximate surface area is 170 Å². The van der Waals surface area contributed by atoms with E-state index < -0.39 is 0 Å². The number of hydrogen-bond acceptors (Lipinski definition) is 5. The molecule has 1 saturated heterocycles. The van der Waals surface area contributed by atoms with Crippen molar-refractivity contribution in [2.45, 2.75) is 13.5 Å². The van der Waals surface area contributed by atoms with Crippen LogP contribution in [0.25, 0.3) is 16.7 Å². The number of fused-ring (bicyclic) bond motifs is 1. The molecule has 0 bridgehead atoms. The minimum atomic E-state index is 0.854. The Bertz CT molecular complexity index is 1110. The highest BCUT2D eigenvalue weighted by atomic mass is 15.3. The molecule has 0 N–H and O–H groups in total. The zero-order valence-corrected chi connectivity index (χ0v) is 16.6. The quantitative estimate of drug-likeness (QED) is 0.539. The number of hydrogen-bond donors (Lipinski definition) is 0. The second-order valence-corrected chi connectivity index (χ2v) is 7.58. The van der Waals surface area contributed by atoms with Crippen LogP contribution in [0.4, 0.5) is 5.82 Å². The van der Waals surface area contributed by atoms with Gasteiger partial charge in [-0.15, -0.1) is 0 Å². The Kier molecular flexibility index (Phi) is 4.69. The Hall–Kier alpha value is -3.25. The first-order valence-electron chi connectivity index (χ1n) is 10.0. The summed E-state index contributed by atoms with van der Waals surface area (Å²) >= 11 is 0. The van der Waals surface area contributed by atoms with Crippen molar-refractivity contribution in [1.29, 1.82) is 0 Å². The third-order valence-electron chi connectivity index (χ3n) is 5.51. The van der Waals surface area contributed by atoms with Gasteiger partial charge in [0.1, 0.15) is 12.1 Å². The lowest BCUT2D eigenvalue weighted by Gasteiger charge is -2.35. The van der Waals surface area contributed by atoms with E-state index in [9.17, 15) is 0 Å². The van der Waals surface area contributed by atoms with E-state index in [-0.39, 0.29) is 0 Å². The maximum Gasteiger partial charge on any atom is 0.168 e. The van der Waals surface area contributed by atoms with E-state index in [0.717, 1.165) is 55.3 Å². The summed E-state index contributed by atoms with van der Waals surface area (Å²) in [5, 5.41) is 5.62. The Morgan fingerprint density at radius 1 is 0.897 bits per heavy atom. The van der Waals surface area contributed by atoms with E-state index in [2.05, 4.69) is 80.3 Å². The average Bonchev–Trinajstić information content (AvgIpc) is 3.19. The Balaban J connectivity index is 1.36. The van der Waals surface area contributed by atoms with Crippen LogP contribution in [0.15, 0.2) is 67.1 Å². The summed E-state index contributed by atoms with van der Waals surface area (Å²) in [6, 6.07) is 19.0. The lowest BCUT2D eigenvalue weighted by Crippen LogP contribution is -2.46. The van der Waals surface area contributed by atoms with E-state index in [0.29, 0.717) is 0 Å². The third kappa shape index (κ3) is 3.59. The van der Waals surface area contributed by atoms with Gasteiger partial charge < -0.3 is 4.90 Å². The van der Waals surface area contributed by atoms with Crippen LogP contribution in [0.3, 0.4) is 0 Å². The number of aromatic nitrogens is 4. The minimum Gasteiger partial charge on any atom is -0.353 e. The van der Waals surface area contributed by atoms with Crippen molar-refractivity contribution in [3.05, 3.63) is 78.2 Å². The molecule has 0 amide bonds. The van der Waals surface area contributed by atoms with Gasteiger partial charge in [-0.2, -0.15) is 5.10 Å². The molecular weight excluding hydrogens is 360 g/mol. The molecule has 0 radical (unpaired) electrons. The molecule has 6 heteroatoms. The summed E-state index contributed by atoms with van der Waals surface area (Å²) in [5.74, 6) is 0.980. The smallest absolute Gasteiger partial charge is 0.168 e. The number of nitrogens with zero attached hydrogens (tertiary/aromatic N) is 6. The number of anilines is 1. The molecule has 29 heavy (non-hydrogen) atoms. The van der Waals surface area contributed by atoms with Crippen molar-refractivity contribution in [2.24, 2.45) is 0 Å². The molecule has 0 saturated carbocycles. The van der Waals surface area contributed by atoms with Gasteiger partial charge in [0.25, 0.3) is 0 Å². The fourth-order valence-electron chi connectivity index (χ4n) is 3.99. The second kappa shape index (κ2) is 7.64. The summed E-state index contributed by atoms with van der Waals surface area (Å²) in [6.07, 6.45) is 3.55. The van der Waals surface area contributed by atoms with Gasteiger partial charge in [0.15, 0.2) is 5.65 Å². The summed E-state index contributed by atoms with van der Waals surface area (Å²) in [5.41, 5.74) is 4.45. The SMILES string of the molecule is Cc1cccc(-n2ncc3c(N4CCN(Cc5ccccc5)CC4)ncnc32)c1. The first kappa shape index (κ1) is 17.8. The topological polar surface area (TPSA) is 50.1 Å². The van der Waals surface area contributed by atoms with Crippen molar-refractivity contribution in [3.63, 3.8) is 0 Å². The standard InChI is InChI=1S/C23H24N6/c1-18-6-5-9-20(14-18)29-23-21(15-26-29)22(24-17-25-23)28-12-10-27(11-13-28)16-19-7-3-2-4-8-19/h2-9,14-15,17H,10-13,16H2,1H3. The molecular formula is C23H24N6. The van der Waals surface area contributed by atoms with Crippen molar-refractivity contribution in [1.82, 2.24) is 24.6 Å². The van der Waals surface area contributed by atoms with Gasteiger partial charge in [0.2, 0.25) is 0 Å². The molecule has 4 aromatic rings. The molecule has 146 valence electrons. The van der Waals surface area contributed by atoms with Crippen molar-refractivity contribution in [3.8, 4) is 5.69 Å². The van der Waals surface area contributed by atoms with Crippen LogP contribution in [0.5, 0.6) is 0 Å². The molecule has 0 unspecified atom stereocenters. The predicted octanol–water partition coefficient (Wildman–Crippen LogP) is 3.45. The molecule has 0 atom stereocenters. The molecule has 1 fully saturated rings. The zero-order valence-electron chi connectivity index (χ0n) is 16.6. The van der Waals surface area contributed by atoms with E-state index in [1.54, 1.807) is 6.33 Å². The molecule has 0 aliphatic carbocycles. The monoisotopic (exact) mass is 384 g/mol. The van der Waals surface area contributed by atoms with Crippen molar-refractivity contribution < 1.29 is 0 Å². The molecule has 6 nitrogen and oxygen atoms in total. The van der Waals surface area contributed by atoms with Gasteiger partial charge in [0.05, 0.1) is 17.3 Å². The number of benzene rings is 2. The van der Waals surface area contributed by atoms with E-state index >= 15 is 0 Å². The van der Waals surface area contributed by atoms with Crippen LogP contribution in [0.2, 0.25) is 0 Å². The highest BCUT2D eigenvalue weighted by Gasteiger charge is 2.21. The van der Waals surface area contributed by atoms with Crippen LogP contribution in [0, 0.1) is 6.92 Å². The molecule has 1 aliphatic rings. The normalized spacial score (nSPS) is 15.1. The molecule has 5 rings (SSSR count). The lowest BCUT2D eigenvalue weighted by atomic mass is 10.2. The highest BCUT2D eigenvalue weighted by Crippen LogP contribution is 2.26. The summed E-state index contributed by atoms with van der Waals surface area (Å²) in [7, 11) is 0. The molecule has 2 aromatic carbocycles.